The topological polar surface area (TPSA) is 46.5 Å². The van der Waals surface area contributed by atoms with E-state index in [2.05, 4.69) is 15.0 Å². The normalized spacial score (nSPS) is 11.4. The Morgan fingerprint density at radius 1 is 0.880 bits per heavy atom. The van der Waals surface area contributed by atoms with Crippen LogP contribution >= 0.6 is 0 Å². The van der Waals surface area contributed by atoms with E-state index in [0.29, 0.717) is 5.52 Å². The molecule has 0 bridgehead atoms. The number of nitrogens with one attached hydrogen (secondary N) is 1. The van der Waals surface area contributed by atoms with Crippen molar-refractivity contribution in [2.24, 2.45) is 0 Å². The summed E-state index contributed by atoms with van der Waals surface area (Å²) in [7, 11) is 0. The van der Waals surface area contributed by atoms with Crippen molar-refractivity contribution in [3.05, 3.63) is 78.9 Å². The van der Waals surface area contributed by atoms with Crippen LogP contribution in [0.3, 0.4) is 0 Å². The number of rotatable bonds is 2. The van der Waals surface area contributed by atoms with Crippen LogP contribution in [0, 0.1) is 5.82 Å². The average Bonchev–Trinajstić information content (AvgIpc) is 3.25. The number of aromatic amines is 1. The fourth-order valence-corrected chi connectivity index (χ4v) is 3.06. The minimum Gasteiger partial charge on any atom is -0.338 e. The molecule has 2 aromatic heterocycles. The van der Waals surface area contributed by atoms with Gasteiger partial charge in [0.1, 0.15) is 18.0 Å². The molecule has 4 nitrogen and oxygen atoms in total. The minimum absolute atomic E-state index is 0.280. The summed E-state index contributed by atoms with van der Waals surface area (Å²) in [6.07, 6.45) is 1.71. The van der Waals surface area contributed by atoms with Gasteiger partial charge in [-0.15, -0.1) is 0 Å². The molecule has 0 radical (unpaired) electrons. The van der Waals surface area contributed by atoms with Crippen molar-refractivity contribution < 1.29 is 4.39 Å². The molecular formula is C20H13FN4. The van der Waals surface area contributed by atoms with Crippen LogP contribution in [0.2, 0.25) is 0 Å². The van der Waals surface area contributed by atoms with Gasteiger partial charge < -0.3 is 4.98 Å². The Labute approximate surface area is 142 Å². The van der Waals surface area contributed by atoms with Gasteiger partial charge in [0.15, 0.2) is 0 Å². The van der Waals surface area contributed by atoms with Gasteiger partial charge in [0, 0.05) is 17.3 Å². The Balaban J connectivity index is 1.56. The van der Waals surface area contributed by atoms with Crippen LogP contribution in [-0.4, -0.2) is 19.5 Å². The maximum atomic E-state index is 13.3. The molecule has 3 aromatic carbocycles. The van der Waals surface area contributed by atoms with E-state index in [1.54, 1.807) is 12.4 Å². The van der Waals surface area contributed by atoms with Gasteiger partial charge >= 0.3 is 0 Å². The van der Waals surface area contributed by atoms with E-state index in [-0.39, 0.29) is 5.82 Å². The molecule has 0 aliphatic rings. The minimum atomic E-state index is -0.280. The molecule has 0 saturated heterocycles. The molecule has 5 aromatic rings. The van der Waals surface area contributed by atoms with Crippen LogP contribution < -0.4 is 0 Å². The van der Waals surface area contributed by atoms with E-state index in [1.807, 2.05) is 53.1 Å². The Bertz CT molecular complexity index is 1170. The lowest BCUT2D eigenvalue weighted by Crippen LogP contribution is -1.92. The van der Waals surface area contributed by atoms with E-state index in [9.17, 15) is 4.39 Å². The van der Waals surface area contributed by atoms with Gasteiger partial charge in [-0.1, -0.05) is 12.1 Å². The molecule has 0 aliphatic carbocycles. The lowest BCUT2D eigenvalue weighted by molar-refractivity contribution is 0.629. The fraction of sp³-hybridized carbons (Fsp3) is 0. The monoisotopic (exact) mass is 328 g/mol. The predicted molar refractivity (Wildman–Crippen MR) is 96.1 cm³/mol. The Morgan fingerprint density at radius 2 is 1.72 bits per heavy atom. The van der Waals surface area contributed by atoms with Crippen LogP contribution in [-0.2, 0) is 0 Å². The number of benzene rings is 3. The van der Waals surface area contributed by atoms with Crippen LogP contribution in [0.15, 0.2) is 73.1 Å². The molecule has 0 amide bonds. The van der Waals surface area contributed by atoms with Gasteiger partial charge in [-0.3, -0.25) is 4.57 Å². The highest BCUT2D eigenvalue weighted by Gasteiger charge is 2.08. The summed E-state index contributed by atoms with van der Waals surface area (Å²) in [4.78, 5) is 12.2. The second-order valence-corrected chi connectivity index (χ2v) is 5.90. The molecule has 5 rings (SSSR count). The highest BCUT2D eigenvalue weighted by atomic mass is 19.1. The highest BCUT2D eigenvalue weighted by molar-refractivity contribution is 5.80. The van der Waals surface area contributed by atoms with Crippen molar-refractivity contribution in [2.75, 3.05) is 0 Å². The summed E-state index contributed by atoms with van der Waals surface area (Å²) in [6.45, 7) is 0. The van der Waals surface area contributed by atoms with Gasteiger partial charge in [-0.25, -0.2) is 14.4 Å². The molecule has 5 heteroatoms. The van der Waals surface area contributed by atoms with Gasteiger partial charge in [0.05, 0.1) is 22.1 Å². The third-order valence-electron chi connectivity index (χ3n) is 4.32. The Hall–Kier alpha value is -3.47. The Morgan fingerprint density at radius 3 is 2.56 bits per heavy atom. The summed E-state index contributed by atoms with van der Waals surface area (Å²) >= 11 is 0. The summed E-state index contributed by atoms with van der Waals surface area (Å²) in [5.41, 5.74) is 5.46. The molecule has 0 fully saturated rings. The third kappa shape index (κ3) is 2.29. The summed E-state index contributed by atoms with van der Waals surface area (Å²) in [6, 6.07) is 20.6. The SMILES string of the molecule is Fc1ccc2c(c1)ncn2-c1ccc(-c2nc3ccccc3[nH]2)cc1. The maximum Gasteiger partial charge on any atom is 0.138 e. The Kier molecular flexibility index (Phi) is 2.94. The highest BCUT2D eigenvalue weighted by Crippen LogP contribution is 2.24. The lowest BCUT2D eigenvalue weighted by Gasteiger charge is -2.05. The molecule has 0 spiro atoms. The molecule has 2 heterocycles. The van der Waals surface area contributed by atoms with Gasteiger partial charge in [-0.2, -0.15) is 0 Å². The largest absolute Gasteiger partial charge is 0.338 e. The number of imidazole rings is 2. The van der Waals surface area contributed by atoms with Crippen LogP contribution in [0.1, 0.15) is 0 Å². The first-order valence-electron chi connectivity index (χ1n) is 7.96. The molecule has 0 unspecified atom stereocenters. The van der Waals surface area contributed by atoms with Crippen molar-refractivity contribution in [3.8, 4) is 17.1 Å². The third-order valence-corrected chi connectivity index (χ3v) is 4.32. The van der Waals surface area contributed by atoms with E-state index in [4.69, 9.17) is 0 Å². The number of halogens is 1. The predicted octanol–water partition coefficient (Wildman–Crippen LogP) is 4.71. The smallest absolute Gasteiger partial charge is 0.138 e. The second kappa shape index (κ2) is 5.27. The number of nitrogens with zero attached hydrogens (tertiary/aromatic N) is 3. The van der Waals surface area contributed by atoms with Gasteiger partial charge in [0.25, 0.3) is 0 Å². The standard InChI is InChI=1S/C20H13FN4/c21-14-7-10-19-18(11-14)22-12-25(19)15-8-5-13(6-9-15)20-23-16-3-1-2-4-17(16)24-20/h1-12H,(H,23,24). The molecule has 1 N–H and O–H groups in total. The molecule has 0 aliphatic heterocycles. The zero-order valence-electron chi connectivity index (χ0n) is 13.1. The molecule has 0 saturated carbocycles. The maximum absolute atomic E-state index is 13.3. The number of para-hydroxylation sites is 2. The number of aromatic nitrogens is 4. The summed E-state index contributed by atoms with van der Waals surface area (Å²) < 4.78 is 15.3. The first-order chi connectivity index (χ1) is 12.3. The first kappa shape index (κ1) is 13.9. The molecule has 120 valence electrons. The molecule has 25 heavy (non-hydrogen) atoms. The number of fused-ring (bicyclic) bond motifs is 2. The van der Waals surface area contributed by atoms with Crippen LogP contribution in [0.4, 0.5) is 4.39 Å². The van der Waals surface area contributed by atoms with Crippen molar-refractivity contribution in [3.63, 3.8) is 0 Å². The van der Waals surface area contributed by atoms with Gasteiger partial charge in [0.2, 0.25) is 0 Å². The fourth-order valence-electron chi connectivity index (χ4n) is 3.06. The zero-order valence-corrected chi connectivity index (χ0v) is 13.1. The van der Waals surface area contributed by atoms with Crippen LogP contribution in [0.5, 0.6) is 0 Å². The van der Waals surface area contributed by atoms with E-state index >= 15 is 0 Å². The number of hydrogen-bond acceptors (Lipinski definition) is 2. The van der Waals surface area contributed by atoms with E-state index in [1.165, 1.54) is 12.1 Å². The van der Waals surface area contributed by atoms with Crippen molar-refractivity contribution >= 4 is 22.1 Å². The van der Waals surface area contributed by atoms with Crippen LogP contribution in [0.25, 0.3) is 39.1 Å². The van der Waals surface area contributed by atoms with E-state index in [0.717, 1.165) is 33.6 Å². The summed E-state index contributed by atoms with van der Waals surface area (Å²) in [5, 5.41) is 0. The van der Waals surface area contributed by atoms with Crippen molar-refractivity contribution in [1.82, 2.24) is 19.5 Å². The average molecular weight is 328 g/mol. The number of hydrogen-bond donors (Lipinski definition) is 1. The summed E-state index contributed by atoms with van der Waals surface area (Å²) in [5.74, 6) is 0.559. The zero-order chi connectivity index (χ0) is 16.8. The van der Waals surface area contributed by atoms with Crippen molar-refractivity contribution in [1.29, 1.82) is 0 Å². The number of H-pyrrole nitrogens is 1. The van der Waals surface area contributed by atoms with Crippen molar-refractivity contribution in [2.45, 2.75) is 0 Å². The first-order valence-corrected chi connectivity index (χ1v) is 7.96. The van der Waals surface area contributed by atoms with Gasteiger partial charge in [-0.05, 0) is 48.5 Å². The van der Waals surface area contributed by atoms with E-state index < -0.39 is 0 Å². The molecular weight excluding hydrogens is 315 g/mol. The lowest BCUT2D eigenvalue weighted by atomic mass is 10.2. The quantitative estimate of drug-likeness (QED) is 0.510. The second-order valence-electron chi connectivity index (χ2n) is 5.90. The molecule has 0 atom stereocenters.